The molecule has 2 aromatic rings. The molecule has 8 heteroatoms. The molecular weight excluding hydrogens is 324 g/mol. The molecule has 0 spiro atoms. The molecule has 2 N–H and O–H groups in total. The van der Waals surface area contributed by atoms with E-state index in [1.165, 1.54) is 11.9 Å². The summed E-state index contributed by atoms with van der Waals surface area (Å²) in [6.45, 7) is 0.183. The van der Waals surface area contributed by atoms with Crippen LogP contribution < -0.4 is 10.1 Å². The van der Waals surface area contributed by atoms with Crippen LogP contribution in [0.3, 0.4) is 0 Å². The van der Waals surface area contributed by atoms with Crippen LogP contribution in [0.2, 0.25) is 0 Å². The van der Waals surface area contributed by atoms with Crippen molar-refractivity contribution >= 4 is 28.7 Å². The number of ether oxygens (including phenoxy) is 1. The van der Waals surface area contributed by atoms with Crippen LogP contribution in [0.15, 0.2) is 24.4 Å². The van der Waals surface area contributed by atoms with E-state index in [9.17, 15) is 14.4 Å². The van der Waals surface area contributed by atoms with Crippen molar-refractivity contribution in [2.24, 2.45) is 0 Å². The average molecular weight is 344 g/mol. The Labute approximate surface area is 144 Å². The summed E-state index contributed by atoms with van der Waals surface area (Å²) in [5.41, 5.74) is 2.06. The SMILES string of the molecule is COc1ccc2[nH]cc(CCNC(=O)CN3C(=O)CN(C)C3=O)c2c1. The Morgan fingerprint density at radius 2 is 2.16 bits per heavy atom. The maximum Gasteiger partial charge on any atom is 0.327 e. The molecule has 8 nitrogen and oxygen atoms in total. The lowest BCUT2D eigenvalue weighted by Gasteiger charge is -2.13. The standard InChI is InChI=1S/C17H20N4O4/c1-20-10-16(23)21(17(20)24)9-15(22)18-6-5-11-8-19-14-4-3-12(25-2)7-13(11)14/h3-4,7-8,19H,5-6,9-10H2,1-2H3,(H,18,22). The van der Waals surface area contributed by atoms with Crippen LogP contribution in [0.25, 0.3) is 10.9 Å². The molecule has 0 aliphatic carbocycles. The first-order valence-electron chi connectivity index (χ1n) is 7.95. The first-order chi connectivity index (χ1) is 12.0. The Hall–Kier alpha value is -3.03. The van der Waals surface area contributed by atoms with Crippen molar-refractivity contribution in [2.75, 3.05) is 33.8 Å². The van der Waals surface area contributed by atoms with Crippen LogP contribution in [0, 0.1) is 0 Å². The number of likely N-dealkylation sites (N-methyl/N-ethyl adjacent to an activating group) is 1. The topological polar surface area (TPSA) is 94.7 Å². The maximum absolute atomic E-state index is 12.0. The molecule has 0 unspecified atom stereocenters. The molecule has 1 fully saturated rings. The first-order valence-corrected chi connectivity index (χ1v) is 7.95. The van der Waals surface area contributed by atoms with E-state index in [2.05, 4.69) is 10.3 Å². The van der Waals surface area contributed by atoms with E-state index < -0.39 is 6.03 Å². The lowest BCUT2D eigenvalue weighted by Crippen LogP contribution is -2.41. The van der Waals surface area contributed by atoms with Gasteiger partial charge in [-0.05, 0) is 30.2 Å². The minimum absolute atomic E-state index is 0.0171. The van der Waals surface area contributed by atoms with Crippen LogP contribution in [0.5, 0.6) is 5.75 Å². The number of nitrogens with zero attached hydrogens (tertiary/aromatic N) is 2. The largest absolute Gasteiger partial charge is 0.497 e. The van der Waals surface area contributed by atoms with Crippen molar-refractivity contribution in [3.8, 4) is 5.75 Å². The number of carbonyl (C=O) groups excluding carboxylic acids is 3. The monoisotopic (exact) mass is 344 g/mol. The zero-order valence-corrected chi connectivity index (χ0v) is 14.2. The number of rotatable bonds is 6. The van der Waals surface area contributed by atoms with Crippen molar-refractivity contribution in [1.29, 1.82) is 0 Å². The van der Waals surface area contributed by atoms with E-state index in [0.717, 1.165) is 27.1 Å². The molecule has 25 heavy (non-hydrogen) atoms. The van der Waals surface area contributed by atoms with Gasteiger partial charge in [-0.1, -0.05) is 0 Å². The molecular formula is C17H20N4O4. The Morgan fingerprint density at radius 3 is 2.84 bits per heavy atom. The Bertz CT molecular complexity index is 829. The van der Waals surface area contributed by atoms with E-state index in [0.29, 0.717) is 13.0 Å². The van der Waals surface area contributed by atoms with Gasteiger partial charge in [0.2, 0.25) is 5.91 Å². The summed E-state index contributed by atoms with van der Waals surface area (Å²) in [5, 5.41) is 3.79. The molecule has 0 radical (unpaired) electrons. The highest BCUT2D eigenvalue weighted by Crippen LogP contribution is 2.23. The molecule has 2 heterocycles. The fourth-order valence-corrected chi connectivity index (χ4v) is 2.85. The fraction of sp³-hybridized carbons (Fsp3) is 0.353. The highest BCUT2D eigenvalue weighted by atomic mass is 16.5. The van der Waals surface area contributed by atoms with E-state index in [4.69, 9.17) is 4.74 Å². The fourth-order valence-electron chi connectivity index (χ4n) is 2.85. The van der Waals surface area contributed by atoms with Crippen molar-refractivity contribution in [1.82, 2.24) is 20.1 Å². The van der Waals surface area contributed by atoms with Gasteiger partial charge in [0.1, 0.15) is 18.8 Å². The van der Waals surface area contributed by atoms with Gasteiger partial charge in [0.25, 0.3) is 5.91 Å². The highest BCUT2D eigenvalue weighted by Gasteiger charge is 2.34. The van der Waals surface area contributed by atoms with Gasteiger partial charge in [0.15, 0.2) is 0 Å². The number of aromatic amines is 1. The average Bonchev–Trinajstić information content (AvgIpc) is 3.10. The summed E-state index contributed by atoms with van der Waals surface area (Å²) >= 11 is 0. The molecule has 0 atom stereocenters. The van der Waals surface area contributed by atoms with Crippen molar-refractivity contribution in [3.05, 3.63) is 30.0 Å². The van der Waals surface area contributed by atoms with Crippen LogP contribution in [-0.4, -0.2) is 66.4 Å². The lowest BCUT2D eigenvalue weighted by atomic mass is 10.1. The minimum atomic E-state index is -0.441. The number of methoxy groups -OCH3 is 1. The summed E-state index contributed by atoms with van der Waals surface area (Å²) in [6, 6.07) is 5.33. The van der Waals surface area contributed by atoms with Gasteiger partial charge in [0.05, 0.1) is 7.11 Å². The van der Waals surface area contributed by atoms with Gasteiger partial charge in [-0.15, -0.1) is 0 Å². The van der Waals surface area contributed by atoms with Crippen LogP contribution in [-0.2, 0) is 16.0 Å². The van der Waals surface area contributed by atoms with Gasteiger partial charge in [-0.2, -0.15) is 0 Å². The predicted molar refractivity (Wildman–Crippen MR) is 91.3 cm³/mol. The molecule has 0 bridgehead atoms. The molecule has 4 amide bonds. The predicted octanol–water partition coefficient (Wildman–Crippen LogP) is 0.729. The van der Waals surface area contributed by atoms with E-state index >= 15 is 0 Å². The summed E-state index contributed by atoms with van der Waals surface area (Å²) in [6.07, 6.45) is 2.53. The van der Waals surface area contributed by atoms with Crippen LogP contribution in [0.4, 0.5) is 4.79 Å². The number of benzene rings is 1. The smallest absolute Gasteiger partial charge is 0.327 e. The Morgan fingerprint density at radius 1 is 1.36 bits per heavy atom. The molecule has 1 aromatic carbocycles. The van der Waals surface area contributed by atoms with Crippen LogP contribution >= 0.6 is 0 Å². The maximum atomic E-state index is 12.0. The number of hydrogen-bond donors (Lipinski definition) is 2. The quantitative estimate of drug-likeness (QED) is 0.755. The zero-order valence-electron chi connectivity index (χ0n) is 14.2. The van der Waals surface area contributed by atoms with Gasteiger partial charge in [-0.25, -0.2) is 4.79 Å². The molecule has 1 saturated heterocycles. The third-order valence-corrected chi connectivity index (χ3v) is 4.22. The Kier molecular flexibility index (Phi) is 4.60. The molecule has 1 aliphatic heterocycles. The van der Waals surface area contributed by atoms with E-state index in [1.54, 1.807) is 7.11 Å². The van der Waals surface area contributed by atoms with Crippen molar-refractivity contribution in [2.45, 2.75) is 6.42 Å². The van der Waals surface area contributed by atoms with Gasteiger partial charge in [-0.3, -0.25) is 14.5 Å². The third kappa shape index (κ3) is 3.42. The number of carbonyl (C=O) groups is 3. The van der Waals surface area contributed by atoms with E-state index in [-0.39, 0.29) is 24.9 Å². The number of nitrogens with one attached hydrogen (secondary N) is 2. The third-order valence-electron chi connectivity index (χ3n) is 4.22. The number of urea groups is 1. The number of aromatic nitrogens is 1. The van der Waals surface area contributed by atoms with E-state index in [1.807, 2.05) is 24.4 Å². The normalized spacial score (nSPS) is 14.5. The Balaban J connectivity index is 1.55. The second-order valence-electron chi connectivity index (χ2n) is 5.94. The molecule has 1 aromatic heterocycles. The second-order valence-corrected chi connectivity index (χ2v) is 5.94. The van der Waals surface area contributed by atoms with Crippen LogP contribution in [0.1, 0.15) is 5.56 Å². The molecule has 132 valence electrons. The highest BCUT2D eigenvalue weighted by molar-refractivity contribution is 6.04. The zero-order chi connectivity index (χ0) is 18.0. The lowest BCUT2D eigenvalue weighted by molar-refractivity contribution is -0.130. The molecule has 0 saturated carbocycles. The summed E-state index contributed by atoms with van der Waals surface area (Å²) in [7, 11) is 3.15. The number of imide groups is 1. The van der Waals surface area contributed by atoms with Crippen molar-refractivity contribution in [3.63, 3.8) is 0 Å². The van der Waals surface area contributed by atoms with Gasteiger partial charge in [0, 0.05) is 30.7 Å². The molecule has 1 aliphatic rings. The van der Waals surface area contributed by atoms with Gasteiger partial charge >= 0.3 is 6.03 Å². The van der Waals surface area contributed by atoms with Gasteiger partial charge < -0.3 is 19.9 Å². The summed E-state index contributed by atoms with van der Waals surface area (Å²) < 4.78 is 5.24. The number of fused-ring (bicyclic) bond motifs is 1. The first kappa shape index (κ1) is 16.8. The minimum Gasteiger partial charge on any atom is -0.497 e. The number of H-pyrrole nitrogens is 1. The number of amides is 4. The number of hydrogen-bond acceptors (Lipinski definition) is 4. The van der Waals surface area contributed by atoms with Crippen molar-refractivity contribution < 1.29 is 19.1 Å². The summed E-state index contributed by atoms with van der Waals surface area (Å²) in [5.74, 6) is 0.0633. The second kappa shape index (κ2) is 6.84. The molecule has 3 rings (SSSR count). The summed E-state index contributed by atoms with van der Waals surface area (Å²) in [4.78, 5) is 40.8.